The molecule has 0 atom stereocenters. The fourth-order valence-corrected chi connectivity index (χ4v) is 8.56. The van der Waals surface area contributed by atoms with Gasteiger partial charge in [-0.2, -0.15) is 0 Å². The van der Waals surface area contributed by atoms with Crippen LogP contribution in [-0.4, -0.2) is 17.9 Å². The van der Waals surface area contributed by atoms with Gasteiger partial charge >= 0.3 is 0 Å². The van der Waals surface area contributed by atoms with Gasteiger partial charge < -0.3 is 4.90 Å². The minimum atomic E-state index is 0.177. The minimum Gasteiger partial charge on any atom is -0.309 e. The summed E-state index contributed by atoms with van der Waals surface area (Å²) in [5.74, 6) is 0.669. The monoisotopic (exact) mass is 682 g/mol. The summed E-state index contributed by atoms with van der Waals surface area (Å²) in [5, 5.41) is 16.4. The molecule has 0 aliphatic carbocycles. The molecule has 0 bridgehead atoms. The molecule has 0 spiro atoms. The number of amidine groups is 2. The summed E-state index contributed by atoms with van der Waals surface area (Å²) in [6, 6.07) is 59.4. The van der Waals surface area contributed by atoms with Crippen LogP contribution in [0.1, 0.15) is 16.7 Å². The molecule has 5 heteroatoms. The molecule has 0 unspecified atom stereocenters. The van der Waals surface area contributed by atoms with E-state index in [2.05, 4.69) is 138 Å². The summed E-state index contributed by atoms with van der Waals surface area (Å²) in [7, 11) is 0. The van der Waals surface area contributed by atoms with Crippen molar-refractivity contribution in [2.45, 2.75) is 0 Å². The SMILES string of the molecule is N=C(N=C(N=Cc1ccc(N2c3cc4ccccc4cc3-c3cccc4cccc2c34)cc1)c1ccccc1)c1ccc2c(c1)sc1ccccc12. The summed E-state index contributed by atoms with van der Waals surface area (Å²) in [5.41, 5.74) is 8.46. The number of anilines is 3. The number of hydrogen-bond donors (Lipinski definition) is 1. The molecule has 2 heterocycles. The van der Waals surface area contributed by atoms with Gasteiger partial charge in [0, 0.05) is 54.2 Å². The Kier molecular flexibility index (Phi) is 7.12. The third-order valence-corrected chi connectivity index (χ3v) is 11.0. The quantitative estimate of drug-likeness (QED) is 0.146. The summed E-state index contributed by atoms with van der Waals surface area (Å²) in [6.45, 7) is 0. The van der Waals surface area contributed by atoms with E-state index < -0.39 is 0 Å². The molecule has 0 fully saturated rings. The van der Waals surface area contributed by atoms with Crippen LogP contribution in [0.4, 0.5) is 17.1 Å². The number of nitrogens with zero attached hydrogens (tertiary/aromatic N) is 3. The fraction of sp³-hybridized carbons (Fsp3) is 0. The summed E-state index contributed by atoms with van der Waals surface area (Å²) < 4.78 is 2.39. The van der Waals surface area contributed by atoms with Gasteiger partial charge in [0.1, 0.15) is 0 Å². The zero-order valence-electron chi connectivity index (χ0n) is 28.0. The standard InChI is InChI=1S/C47H30N4S/c48-46(35-22-25-38-37-16-6-7-19-43(37)52-44(38)28-35)50-47(32-10-2-1-3-11-32)49-29-30-20-23-36(24-21-30)51-41-18-9-15-31-14-8-17-39(45(31)41)40-26-33-12-4-5-13-34(33)27-42(40)51/h1-29,48H. The second-order valence-corrected chi connectivity index (χ2v) is 14.1. The first-order valence-electron chi connectivity index (χ1n) is 17.3. The molecule has 1 aliphatic rings. The van der Waals surface area contributed by atoms with Gasteiger partial charge in [-0.15, -0.1) is 11.3 Å². The molecule has 0 radical (unpaired) electrons. The Balaban J connectivity index is 1.01. The van der Waals surface area contributed by atoms with Crippen LogP contribution >= 0.6 is 11.3 Å². The van der Waals surface area contributed by atoms with Gasteiger partial charge in [0.2, 0.25) is 0 Å². The normalized spacial score (nSPS) is 12.7. The second kappa shape index (κ2) is 12.3. The van der Waals surface area contributed by atoms with Gasteiger partial charge in [-0.1, -0.05) is 127 Å². The maximum absolute atomic E-state index is 8.99. The lowest BCUT2D eigenvalue weighted by atomic mass is 9.89. The van der Waals surface area contributed by atoms with Crippen molar-refractivity contribution >= 4 is 88.0 Å². The van der Waals surface area contributed by atoms with E-state index in [0.29, 0.717) is 5.84 Å². The Morgan fingerprint density at radius 1 is 0.538 bits per heavy atom. The van der Waals surface area contributed by atoms with Crippen molar-refractivity contribution in [1.82, 2.24) is 0 Å². The van der Waals surface area contributed by atoms with Crippen LogP contribution in [0.2, 0.25) is 0 Å². The van der Waals surface area contributed by atoms with E-state index in [-0.39, 0.29) is 5.84 Å². The minimum absolute atomic E-state index is 0.177. The van der Waals surface area contributed by atoms with Crippen LogP contribution in [0.5, 0.6) is 0 Å². The van der Waals surface area contributed by atoms with E-state index >= 15 is 0 Å². The third kappa shape index (κ3) is 5.10. The first kappa shape index (κ1) is 30.2. The molecule has 4 nitrogen and oxygen atoms in total. The Hall–Kier alpha value is -6.69. The zero-order chi connectivity index (χ0) is 34.6. The highest BCUT2D eigenvalue weighted by Crippen LogP contribution is 2.51. The van der Waals surface area contributed by atoms with Crippen molar-refractivity contribution in [2.24, 2.45) is 9.98 Å². The molecular weight excluding hydrogens is 653 g/mol. The summed E-state index contributed by atoms with van der Waals surface area (Å²) in [4.78, 5) is 12.0. The van der Waals surface area contributed by atoms with Crippen molar-refractivity contribution in [3.05, 3.63) is 187 Å². The van der Waals surface area contributed by atoms with Crippen LogP contribution in [0.25, 0.3) is 52.8 Å². The molecule has 9 aromatic rings. The molecule has 52 heavy (non-hydrogen) atoms. The lowest BCUT2D eigenvalue weighted by molar-refractivity contribution is 1.29. The van der Waals surface area contributed by atoms with Crippen LogP contribution in [0, 0.1) is 5.41 Å². The largest absolute Gasteiger partial charge is 0.309 e. The van der Waals surface area contributed by atoms with Crippen LogP contribution in [0.3, 0.4) is 0 Å². The smallest absolute Gasteiger partial charge is 0.161 e. The molecule has 1 aromatic heterocycles. The highest BCUT2D eigenvalue weighted by molar-refractivity contribution is 7.25. The highest BCUT2D eigenvalue weighted by atomic mass is 32.1. The van der Waals surface area contributed by atoms with Crippen molar-refractivity contribution < 1.29 is 0 Å². The van der Waals surface area contributed by atoms with Crippen LogP contribution < -0.4 is 4.90 Å². The van der Waals surface area contributed by atoms with E-state index in [1.54, 1.807) is 11.3 Å². The van der Waals surface area contributed by atoms with E-state index in [9.17, 15) is 0 Å². The van der Waals surface area contributed by atoms with Crippen molar-refractivity contribution in [3.8, 4) is 11.1 Å². The van der Waals surface area contributed by atoms with Crippen molar-refractivity contribution in [3.63, 3.8) is 0 Å². The number of hydrogen-bond acceptors (Lipinski definition) is 3. The third-order valence-electron chi connectivity index (χ3n) is 9.91. The van der Waals surface area contributed by atoms with Gasteiger partial charge in [0.05, 0.1) is 11.4 Å². The van der Waals surface area contributed by atoms with Gasteiger partial charge in [-0.3, -0.25) is 5.41 Å². The van der Waals surface area contributed by atoms with E-state index in [1.807, 2.05) is 42.6 Å². The first-order chi connectivity index (χ1) is 25.7. The molecule has 1 N–H and O–H groups in total. The van der Waals surface area contributed by atoms with Crippen LogP contribution in [0.15, 0.2) is 180 Å². The van der Waals surface area contributed by atoms with E-state index in [1.165, 1.54) is 53.8 Å². The van der Waals surface area contributed by atoms with Crippen molar-refractivity contribution in [1.29, 1.82) is 5.41 Å². The molecule has 0 amide bonds. The van der Waals surface area contributed by atoms with Crippen molar-refractivity contribution in [2.75, 3.05) is 4.90 Å². The summed E-state index contributed by atoms with van der Waals surface area (Å²) in [6.07, 6.45) is 1.84. The number of thiophene rings is 1. The average molecular weight is 683 g/mol. The average Bonchev–Trinajstić information content (AvgIpc) is 3.58. The summed E-state index contributed by atoms with van der Waals surface area (Å²) >= 11 is 1.74. The topological polar surface area (TPSA) is 51.8 Å². The fourth-order valence-electron chi connectivity index (χ4n) is 7.41. The van der Waals surface area contributed by atoms with Gasteiger partial charge in [0.15, 0.2) is 11.7 Å². The Morgan fingerprint density at radius 3 is 2.10 bits per heavy atom. The lowest BCUT2D eigenvalue weighted by Crippen LogP contribution is -2.15. The second-order valence-electron chi connectivity index (χ2n) is 13.0. The maximum Gasteiger partial charge on any atom is 0.161 e. The Labute approximate surface area is 304 Å². The molecule has 8 aromatic carbocycles. The molecule has 0 saturated heterocycles. The molecule has 10 rings (SSSR count). The Bertz CT molecular complexity index is 2920. The van der Waals surface area contributed by atoms with E-state index in [0.717, 1.165) is 32.8 Å². The number of fused-ring (bicyclic) bond motifs is 6. The number of rotatable bonds is 4. The number of aliphatic imine (C=N–C) groups is 2. The maximum atomic E-state index is 8.99. The number of benzene rings is 8. The molecule has 0 saturated carbocycles. The molecule has 1 aliphatic heterocycles. The molecule has 244 valence electrons. The highest BCUT2D eigenvalue weighted by Gasteiger charge is 2.26. The Morgan fingerprint density at radius 2 is 1.25 bits per heavy atom. The zero-order valence-corrected chi connectivity index (χ0v) is 28.8. The predicted molar refractivity (Wildman–Crippen MR) is 222 cm³/mol. The van der Waals surface area contributed by atoms with Crippen LogP contribution in [-0.2, 0) is 0 Å². The first-order valence-corrected chi connectivity index (χ1v) is 18.1. The van der Waals surface area contributed by atoms with Gasteiger partial charge in [-0.25, -0.2) is 9.98 Å². The van der Waals surface area contributed by atoms with Gasteiger partial charge in [-0.05, 0) is 69.8 Å². The molecular formula is C47H30N4S. The number of nitrogens with one attached hydrogen (secondary N) is 1. The van der Waals surface area contributed by atoms with E-state index in [4.69, 9.17) is 15.4 Å². The lowest BCUT2D eigenvalue weighted by Gasteiger charge is -2.34. The van der Waals surface area contributed by atoms with Gasteiger partial charge in [0.25, 0.3) is 0 Å². The predicted octanol–water partition coefficient (Wildman–Crippen LogP) is 12.7.